The van der Waals surface area contributed by atoms with E-state index in [1.54, 1.807) is 0 Å². The van der Waals surface area contributed by atoms with Crippen LogP contribution in [0.1, 0.15) is 23.7 Å². The van der Waals surface area contributed by atoms with Crippen LogP contribution in [0.15, 0.2) is 48.5 Å². The zero-order chi connectivity index (χ0) is 18.1. The fourth-order valence-corrected chi connectivity index (χ4v) is 3.52. The van der Waals surface area contributed by atoms with E-state index in [-0.39, 0.29) is 31.8 Å². The lowest BCUT2D eigenvalue weighted by atomic mass is 10.1. The van der Waals surface area contributed by atoms with Crippen LogP contribution in [0.2, 0.25) is 0 Å². The molecule has 0 N–H and O–H groups in total. The van der Waals surface area contributed by atoms with E-state index in [0.29, 0.717) is 0 Å². The van der Waals surface area contributed by atoms with E-state index in [2.05, 4.69) is 18.1 Å². The first-order valence-electron chi connectivity index (χ1n) is 8.40. The number of nitrogens with zero attached hydrogens (tertiary/aromatic N) is 1. The second-order valence-electron chi connectivity index (χ2n) is 6.25. The Balaban J connectivity index is 1.53. The van der Waals surface area contributed by atoms with Gasteiger partial charge in [0.05, 0.1) is 0 Å². The summed E-state index contributed by atoms with van der Waals surface area (Å²) in [5, 5.41) is 0. The summed E-state index contributed by atoms with van der Waals surface area (Å²) in [5.41, 5.74) is 4.31. The molecule has 5 heteroatoms. The van der Waals surface area contributed by atoms with Crippen molar-refractivity contribution in [1.82, 2.24) is 4.90 Å². The Morgan fingerprint density at radius 3 is 2.38 bits per heavy atom. The van der Waals surface area contributed by atoms with Gasteiger partial charge in [-0.25, -0.2) is 4.79 Å². The van der Waals surface area contributed by atoms with Crippen LogP contribution in [0.5, 0.6) is 0 Å². The molecule has 0 aromatic heterocycles. The van der Waals surface area contributed by atoms with E-state index in [1.807, 2.05) is 36.4 Å². The Labute approximate surface area is 151 Å². The summed E-state index contributed by atoms with van der Waals surface area (Å²) in [7, 11) is 0. The average molecular weight is 347 g/mol. The second-order valence-corrected chi connectivity index (χ2v) is 6.25. The highest BCUT2D eigenvalue weighted by atomic mass is 16.6. The van der Waals surface area contributed by atoms with Crippen LogP contribution < -0.4 is 0 Å². The quantitative estimate of drug-likeness (QED) is 0.630. The summed E-state index contributed by atoms with van der Waals surface area (Å²) in [6.07, 6.45) is 5.12. The van der Waals surface area contributed by atoms with E-state index in [1.165, 1.54) is 4.90 Å². The molecule has 2 aliphatic rings. The minimum absolute atomic E-state index is 0.0782. The van der Waals surface area contributed by atoms with Crippen molar-refractivity contribution in [2.24, 2.45) is 0 Å². The first-order valence-corrected chi connectivity index (χ1v) is 8.40. The van der Waals surface area contributed by atoms with Gasteiger partial charge in [-0.1, -0.05) is 48.5 Å². The van der Waals surface area contributed by atoms with E-state index < -0.39 is 12.0 Å². The average Bonchev–Trinajstić information content (AvgIpc) is 3.19. The van der Waals surface area contributed by atoms with E-state index in [4.69, 9.17) is 15.9 Å². The van der Waals surface area contributed by atoms with Crippen molar-refractivity contribution < 1.29 is 19.1 Å². The van der Waals surface area contributed by atoms with Gasteiger partial charge in [0.15, 0.2) is 6.73 Å². The molecular weight excluding hydrogens is 330 g/mol. The lowest BCUT2D eigenvalue weighted by Gasteiger charge is -2.20. The molecule has 1 saturated heterocycles. The summed E-state index contributed by atoms with van der Waals surface area (Å²) in [6, 6.07) is 15.3. The second kappa shape index (κ2) is 6.66. The number of hydrogen-bond acceptors (Lipinski definition) is 4. The number of rotatable bonds is 4. The number of carbonyl (C=O) groups is 2. The number of esters is 1. The van der Waals surface area contributed by atoms with Crippen LogP contribution in [0.25, 0.3) is 11.1 Å². The van der Waals surface area contributed by atoms with Crippen molar-refractivity contribution in [2.75, 3.05) is 13.3 Å². The lowest BCUT2D eigenvalue weighted by molar-refractivity contribution is -0.140. The molecule has 0 unspecified atom stereocenters. The predicted octanol–water partition coefficient (Wildman–Crippen LogP) is 2.51. The number of hydrogen-bond donors (Lipinski definition) is 0. The molecule has 1 aliphatic carbocycles. The number of amides is 1. The van der Waals surface area contributed by atoms with Crippen molar-refractivity contribution in [3.63, 3.8) is 0 Å². The molecule has 0 saturated carbocycles. The highest BCUT2D eigenvalue weighted by Gasteiger charge is 2.38. The molecule has 1 heterocycles. The number of benzene rings is 2. The Bertz CT molecular complexity index is 869. The highest BCUT2D eigenvalue weighted by molar-refractivity contribution is 5.87. The third-order valence-corrected chi connectivity index (χ3v) is 4.78. The first-order chi connectivity index (χ1) is 12.7. The maximum absolute atomic E-state index is 12.6. The largest absolute Gasteiger partial charge is 0.443 e. The maximum Gasteiger partial charge on any atom is 0.331 e. The molecule has 26 heavy (non-hydrogen) atoms. The smallest absolute Gasteiger partial charge is 0.331 e. The Kier molecular flexibility index (Phi) is 4.19. The van der Waals surface area contributed by atoms with Crippen LogP contribution in [0.4, 0.5) is 0 Å². The topological polar surface area (TPSA) is 55.8 Å². The zero-order valence-electron chi connectivity index (χ0n) is 14.1. The van der Waals surface area contributed by atoms with Crippen LogP contribution in [-0.4, -0.2) is 36.2 Å². The van der Waals surface area contributed by atoms with Gasteiger partial charge in [0.25, 0.3) is 5.91 Å². The number of ether oxygens (including phenoxy) is 2. The molecule has 0 spiro atoms. The van der Waals surface area contributed by atoms with Gasteiger partial charge in [-0.15, -0.1) is 12.3 Å². The predicted molar refractivity (Wildman–Crippen MR) is 94.7 cm³/mol. The van der Waals surface area contributed by atoms with Crippen molar-refractivity contribution in [3.05, 3.63) is 59.7 Å². The number of carbonyl (C=O) groups excluding carboxylic acids is 2. The molecule has 5 nitrogen and oxygen atoms in total. The van der Waals surface area contributed by atoms with E-state index in [0.717, 1.165) is 22.3 Å². The Morgan fingerprint density at radius 2 is 1.77 bits per heavy atom. The standard InChI is InChI=1S/C21H17NO4/c1-2-7-18-21(24)26-13-22(18)19(23)12-25-20-16-10-5-3-8-14(16)15-9-4-6-11-17(15)20/h1,3-6,8-11,18,20H,7,12-13H2/t18-/m0/s1. The molecular formula is C21H17NO4. The van der Waals surface area contributed by atoms with E-state index in [9.17, 15) is 9.59 Å². The lowest BCUT2D eigenvalue weighted by Crippen LogP contribution is -2.40. The molecule has 130 valence electrons. The SMILES string of the molecule is C#CC[C@H]1C(=O)OCN1C(=O)COC1c2ccccc2-c2ccccc21. The summed E-state index contributed by atoms with van der Waals surface area (Å²) in [4.78, 5) is 25.6. The van der Waals surface area contributed by atoms with Crippen LogP contribution in [-0.2, 0) is 19.1 Å². The molecule has 0 radical (unpaired) electrons. The molecule has 2 aromatic rings. The van der Waals surface area contributed by atoms with Crippen LogP contribution in [0, 0.1) is 12.3 Å². The Morgan fingerprint density at radius 1 is 1.15 bits per heavy atom. The molecule has 4 rings (SSSR count). The Hall–Kier alpha value is -3.10. The third kappa shape index (κ3) is 2.65. The molecule has 0 bridgehead atoms. The van der Waals surface area contributed by atoms with Crippen molar-refractivity contribution in [3.8, 4) is 23.5 Å². The molecule has 1 fully saturated rings. The van der Waals surface area contributed by atoms with Gasteiger partial charge in [-0.2, -0.15) is 0 Å². The third-order valence-electron chi connectivity index (χ3n) is 4.78. The first kappa shape index (κ1) is 16.4. The number of fused-ring (bicyclic) bond motifs is 3. The van der Waals surface area contributed by atoms with Crippen molar-refractivity contribution in [1.29, 1.82) is 0 Å². The summed E-state index contributed by atoms with van der Waals surface area (Å²) in [6.45, 7) is -0.226. The fourth-order valence-electron chi connectivity index (χ4n) is 3.52. The van der Waals surface area contributed by atoms with Crippen molar-refractivity contribution in [2.45, 2.75) is 18.6 Å². The summed E-state index contributed by atoms with van der Waals surface area (Å²) < 4.78 is 10.9. The zero-order valence-corrected chi connectivity index (χ0v) is 14.1. The molecule has 2 aromatic carbocycles. The monoisotopic (exact) mass is 347 g/mol. The minimum atomic E-state index is -0.723. The fraction of sp³-hybridized carbons (Fsp3) is 0.238. The molecule has 1 atom stereocenters. The molecule has 1 amide bonds. The van der Waals surface area contributed by atoms with Gasteiger partial charge in [0.2, 0.25) is 0 Å². The van der Waals surface area contributed by atoms with Crippen LogP contribution >= 0.6 is 0 Å². The number of terminal acetylenes is 1. The summed E-state index contributed by atoms with van der Waals surface area (Å²) >= 11 is 0. The van der Waals surface area contributed by atoms with Gasteiger partial charge in [0.1, 0.15) is 18.8 Å². The van der Waals surface area contributed by atoms with Crippen LogP contribution in [0.3, 0.4) is 0 Å². The number of cyclic esters (lactones) is 1. The summed E-state index contributed by atoms with van der Waals surface area (Å²) in [5.74, 6) is 1.64. The van der Waals surface area contributed by atoms with E-state index >= 15 is 0 Å². The van der Waals surface area contributed by atoms with Gasteiger partial charge in [-0.05, 0) is 22.3 Å². The van der Waals surface area contributed by atoms with Gasteiger partial charge < -0.3 is 9.47 Å². The highest BCUT2D eigenvalue weighted by Crippen LogP contribution is 2.44. The normalized spacial score (nSPS) is 18.2. The maximum atomic E-state index is 12.6. The minimum Gasteiger partial charge on any atom is -0.443 e. The van der Waals surface area contributed by atoms with Gasteiger partial charge >= 0.3 is 5.97 Å². The van der Waals surface area contributed by atoms with Crippen molar-refractivity contribution >= 4 is 11.9 Å². The van der Waals surface area contributed by atoms with Gasteiger partial charge in [0, 0.05) is 6.42 Å². The molecule has 1 aliphatic heterocycles. The van der Waals surface area contributed by atoms with Gasteiger partial charge in [-0.3, -0.25) is 9.69 Å².